The van der Waals surface area contributed by atoms with E-state index in [1.54, 1.807) is 18.7 Å². The Labute approximate surface area is 154 Å². The van der Waals surface area contributed by atoms with Crippen LogP contribution in [0.1, 0.15) is 32.3 Å². The lowest BCUT2D eigenvalue weighted by atomic mass is 10.0. The minimum absolute atomic E-state index is 0.165. The largest absolute Gasteiger partial charge is 0.361 e. The van der Waals surface area contributed by atoms with E-state index in [1.165, 1.54) is 0 Å². The molecule has 1 atom stereocenters. The van der Waals surface area contributed by atoms with E-state index >= 15 is 0 Å². The fraction of sp³-hybridized carbons (Fsp3) is 0.500. The van der Waals surface area contributed by atoms with Gasteiger partial charge in [-0.1, -0.05) is 18.2 Å². The van der Waals surface area contributed by atoms with Crippen molar-refractivity contribution in [2.75, 3.05) is 13.1 Å². The number of hydrogen-bond donors (Lipinski definition) is 3. The number of likely N-dealkylation sites (tertiary alicyclic amines) is 1. The Bertz CT molecular complexity index is 869. The second kappa shape index (κ2) is 7.77. The van der Waals surface area contributed by atoms with Crippen LogP contribution in [-0.4, -0.2) is 49.4 Å². The van der Waals surface area contributed by atoms with Gasteiger partial charge in [0, 0.05) is 36.2 Å². The SMILES string of the molecule is CC(C)NS(=O)(=O)NC(Cc1c[nH]c2ccccc12)C(=O)N1CCCC1. The zero-order chi connectivity index (χ0) is 18.7. The molecule has 0 radical (unpaired) electrons. The topological polar surface area (TPSA) is 94.3 Å². The number of hydrogen-bond acceptors (Lipinski definition) is 3. The molecule has 8 heteroatoms. The molecule has 2 heterocycles. The van der Waals surface area contributed by atoms with Crippen molar-refractivity contribution < 1.29 is 13.2 Å². The molecule has 1 aliphatic rings. The summed E-state index contributed by atoms with van der Waals surface area (Å²) in [5, 5.41) is 1.00. The lowest BCUT2D eigenvalue weighted by Crippen LogP contribution is -2.52. The summed E-state index contributed by atoms with van der Waals surface area (Å²) >= 11 is 0. The van der Waals surface area contributed by atoms with Crippen molar-refractivity contribution in [3.05, 3.63) is 36.0 Å². The minimum Gasteiger partial charge on any atom is -0.361 e. The highest BCUT2D eigenvalue weighted by molar-refractivity contribution is 7.87. The van der Waals surface area contributed by atoms with Crippen LogP contribution in [-0.2, 0) is 21.4 Å². The third-order valence-corrected chi connectivity index (χ3v) is 5.88. The molecule has 0 spiro atoms. The van der Waals surface area contributed by atoms with Gasteiger partial charge in [0.05, 0.1) is 0 Å². The maximum Gasteiger partial charge on any atom is 0.277 e. The number of nitrogens with one attached hydrogen (secondary N) is 3. The number of carbonyl (C=O) groups is 1. The van der Waals surface area contributed by atoms with Gasteiger partial charge in [-0.05, 0) is 44.7 Å². The number of aromatic nitrogens is 1. The van der Waals surface area contributed by atoms with Crippen molar-refractivity contribution in [2.45, 2.75) is 45.2 Å². The number of nitrogens with zero attached hydrogens (tertiary/aromatic N) is 1. The number of aromatic amines is 1. The zero-order valence-electron chi connectivity index (χ0n) is 15.2. The van der Waals surface area contributed by atoms with Gasteiger partial charge in [-0.15, -0.1) is 0 Å². The van der Waals surface area contributed by atoms with Crippen LogP contribution in [0.3, 0.4) is 0 Å². The van der Waals surface area contributed by atoms with Crippen LogP contribution in [0.5, 0.6) is 0 Å². The number of amides is 1. The Balaban J connectivity index is 1.85. The first-order valence-electron chi connectivity index (χ1n) is 8.99. The molecular formula is C18H26N4O3S. The van der Waals surface area contributed by atoms with Crippen LogP contribution in [0.15, 0.2) is 30.5 Å². The quantitative estimate of drug-likeness (QED) is 0.682. The average Bonchev–Trinajstić information content (AvgIpc) is 3.22. The normalized spacial score (nSPS) is 16.5. The fourth-order valence-electron chi connectivity index (χ4n) is 3.39. The molecule has 1 aromatic carbocycles. The molecule has 1 saturated heterocycles. The van der Waals surface area contributed by atoms with Crippen LogP contribution in [0.4, 0.5) is 0 Å². The van der Waals surface area contributed by atoms with Crippen LogP contribution >= 0.6 is 0 Å². The van der Waals surface area contributed by atoms with Crippen LogP contribution in [0, 0.1) is 0 Å². The molecule has 7 nitrogen and oxygen atoms in total. The summed E-state index contributed by atoms with van der Waals surface area (Å²) in [6.45, 7) is 4.86. The van der Waals surface area contributed by atoms with Crippen molar-refractivity contribution in [1.29, 1.82) is 0 Å². The summed E-state index contributed by atoms with van der Waals surface area (Å²) in [6.07, 6.45) is 4.07. The Morgan fingerprint density at radius 3 is 2.58 bits per heavy atom. The lowest BCUT2D eigenvalue weighted by Gasteiger charge is -2.24. The number of fused-ring (bicyclic) bond motifs is 1. The first-order valence-corrected chi connectivity index (χ1v) is 10.5. The van der Waals surface area contributed by atoms with Gasteiger partial charge < -0.3 is 9.88 Å². The van der Waals surface area contributed by atoms with E-state index in [-0.39, 0.29) is 11.9 Å². The Morgan fingerprint density at radius 2 is 1.88 bits per heavy atom. The Kier molecular flexibility index (Phi) is 5.64. The smallest absolute Gasteiger partial charge is 0.277 e. The number of benzene rings is 1. The Hall–Kier alpha value is -1.90. The molecule has 3 rings (SSSR count). The van der Waals surface area contributed by atoms with Gasteiger partial charge in [0.2, 0.25) is 5.91 Å². The second-order valence-electron chi connectivity index (χ2n) is 7.04. The van der Waals surface area contributed by atoms with Crippen LogP contribution in [0.25, 0.3) is 10.9 Å². The maximum absolute atomic E-state index is 12.9. The van der Waals surface area contributed by atoms with Crippen molar-refractivity contribution in [3.8, 4) is 0 Å². The number of carbonyl (C=O) groups excluding carboxylic acids is 1. The summed E-state index contributed by atoms with van der Waals surface area (Å²) in [5.74, 6) is -0.165. The molecule has 142 valence electrons. The molecule has 1 amide bonds. The first-order chi connectivity index (χ1) is 12.4. The summed E-state index contributed by atoms with van der Waals surface area (Å²) in [5.41, 5.74) is 1.89. The van der Waals surface area contributed by atoms with Crippen LogP contribution in [0.2, 0.25) is 0 Å². The predicted molar refractivity (Wildman–Crippen MR) is 102 cm³/mol. The molecule has 1 aliphatic heterocycles. The predicted octanol–water partition coefficient (Wildman–Crippen LogP) is 1.53. The lowest BCUT2D eigenvalue weighted by molar-refractivity contribution is -0.131. The third-order valence-electron chi connectivity index (χ3n) is 4.50. The van der Waals surface area contributed by atoms with Crippen molar-refractivity contribution >= 4 is 27.0 Å². The Morgan fingerprint density at radius 1 is 1.19 bits per heavy atom. The van der Waals surface area contributed by atoms with Gasteiger partial charge in [-0.2, -0.15) is 17.9 Å². The van der Waals surface area contributed by atoms with Gasteiger partial charge in [0.15, 0.2) is 0 Å². The van der Waals surface area contributed by atoms with E-state index in [0.717, 1.165) is 29.3 Å². The van der Waals surface area contributed by atoms with Crippen molar-refractivity contribution in [1.82, 2.24) is 19.3 Å². The summed E-state index contributed by atoms with van der Waals surface area (Å²) in [6, 6.07) is 6.72. The first kappa shape index (κ1) is 18.9. The minimum atomic E-state index is -3.77. The molecule has 26 heavy (non-hydrogen) atoms. The molecule has 0 bridgehead atoms. The van der Waals surface area contributed by atoms with E-state index < -0.39 is 16.3 Å². The molecule has 0 aliphatic carbocycles. The third kappa shape index (κ3) is 4.44. The number of rotatable bonds is 7. The van der Waals surface area contributed by atoms with Gasteiger partial charge in [-0.3, -0.25) is 4.79 Å². The maximum atomic E-state index is 12.9. The molecule has 1 aromatic heterocycles. The molecular weight excluding hydrogens is 352 g/mol. The van der Waals surface area contributed by atoms with E-state index in [9.17, 15) is 13.2 Å². The van der Waals surface area contributed by atoms with E-state index in [2.05, 4.69) is 14.4 Å². The highest BCUT2D eigenvalue weighted by Crippen LogP contribution is 2.20. The van der Waals surface area contributed by atoms with Crippen molar-refractivity contribution in [2.24, 2.45) is 0 Å². The van der Waals surface area contributed by atoms with E-state index in [4.69, 9.17) is 0 Å². The zero-order valence-corrected chi connectivity index (χ0v) is 16.0. The summed E-state index contributed by atoms with van der Waals surface area (Å²) in [4.78, 5) is 17.9. The highest BCUT2D eigenvalue weighted by atomic mass is 32.2. The second-order valence-corrected chi connectivity index (χ2v) is 8.52. The summed E-state index contributed by atoms with van der Waals surface area (Å²) < 4.78 is 29.8. The van der Waals surface area contributed by atoms with E-state index in [1.807, 2.05) is 30.5 Å². The van der Waals surface area contributed by atoms with Gasteiger partial charge in [0.1, 0.15) is 6.04 Å². The molecule has 1 fully saturated rings. The standard InChI is InChI=1S/C18H26N4O3S/c1-13(2)20-26(24,25)21-17(18(23)22-9-5-6-10-22)11-14-12-19-16-8-4-3-7-15(14)16/h3-4,7-8,12-13,17,19-21H,5-6,9-11H2,1-2H3. The summed E-state index contributed by atoms with van der Waals surface area (Å²) in [7, 11) is -3.77. The molecule has 3 N–H and O–H groups in total. The molecule has 0 saturated carbocycles. The molecule has 2 aromatic rings. The van der Waals surface area contributed by atoms with Gasteiger partial charge in [0.25, 0.3) is 10.2 Å². The van der Waals surface area contributed by atoms with E-state index in [0.29, 0.717) is 19.5 Å². The fourth-order valence-corrected chi connectivity index (χ4v) is 4.64. The average molecular weight is 378 g/mol. The number of para-hydroxylation sites is 1. The highest BCUT2D eigenvalue weighted by Gasteiger charge is 2.30. The van der Waals surface area contributed by atoms with Crippen LogP contribution < -0.4 is 9.44 Å². The monoisotopic (exact) mass is 378 g/mol. The van der Waals surface area contributed by atoms with Gasteiger partial charge >= 0.3 is 0 Å². The van der Waals surface area contributed by atoms with Crippen molar-refractivity contribution in [3.63, 3.8) is 0 Å². The van der Waals surface area contributed by atoms with Gasteiger partial charge in [-0.25, -0.2) is 0 Å². The number of H-pyrrole nitrogens is 1. The molecule has 1 unspecified atom stereocenters.